The van der Waals surface area contributed by atoms with Gasteiger partial charge in [0.2, 0.25) is 11.8 Å². The Morgan fingerprint density at radius 3 is 2.90 bits per heavy atom. The number of amides is 2. The van der Waals surface area contributed by atoms with Crippen LogP contribution in [0.3, 0.4) is 0 Å². The molecule has 3 rings (SSSR count). The molecule has 3 heterocycles. The second-order valence-corrected chi connectivity index (χ2v) is 5.01. The first-order valence-corrected chi connectivity index (χ1v) is 6.40. The van der Waals surface area contributed by atoms with Gasteiger partial charge in [-0.05, 0) is 6.42 Å². The molecular formula is C12H14N4O4. The van der Waals surface area contributed by atoms with Gasteiger partial charge in [-0.25, -0.2) is 9.78 Å². The first-order valence-electron chi connectivity index (χ1n) is 6.40. The minimum Gasteiger partial charge on any atom is -0.480 e. The Morgan fingerprint density at radius 2 is 2.25 bits per heavy atom. The normalized spacial score (nSPS) is 25.2. The number of imidazole rings is 1. The predicted octanol–water partition coefficient (Wildman–Crippen LogP) is -0.974. The third kappa shape index (κ3) is 2.02. The molecule has 1 saturated heterocycles. The molecule has 2 atom stereocenters. The monoisotopic (exact) mass is 278 g/mol. The van der Waals surface area contributed by atoms with Gasteiger partial charge in [0.25, 0.3) is 0 Å². The van der Waals surface area contributed by atoms with Gasteiger partial charge in [0.05, 0.1) is 24.3 Å². The highest BCUT2D eigenvalue weighted by Gasteiger charge is 2.40. The fourth-order valence-electron chi connectivity index (χ4n) is 2.69. The Labute approximate surface area is 114 Å². The van der Waals surface area contributed by atoms with Crippen molar-refractivity contribution in [3.8, 4) is 0 Å². The number of carbonyl (C=O) groups is 3. The van der Waals surface area contributed by atoms with Gasteiger partial charge in [-0.15, -0.1) is 0 Å². The first kappa shape index (κ1) is 12.6. The lowest BCUT2D eigenvalue weighted by atomic mass is 10.0. The summed E-state index contributed by atoms with van der Waals surface area (Å²) in [6.07, 6.45) is 2.39. The molecule has 2 aliphatic heterocycles. The van der Waals surface area contributed by atoms with Crippen LogP contribution in [0.1, 0.15) is 24.2 Å². The largest absolute Gasteiger partial charge is 0.480 e. The molecule has 8 nitrogen and oxygen atoms in total. The Morgan fingerprint density at radius 1 is 1.45 bits per heavy atom. The van der Waals surface area contributed by atoms with E-state index in [2.05, 4.69) is 15.3 Å². The maximum absolute atomic E-state index is 12.4. The lowest BCUT2D eigenvalue weighted by Crippen LogP contribution is -2.54. The molecule has 0 aliphatic carbocycles. The van der Waals surface area contributed by atoms with Gasteiger partial charge in [-0.3, -0.25) is 9.59 Å². The lowest BCUT2D eigenvalue weighted by molar-refractivity contribution is -0.152. The van der Waals surface area contributed by atoms with E-state index in [1.807, 2.05) is 0 Å². The number of H-pyrrole nitrogens is 1. The lowest BCUT2D eigenvalue weighted by Gasteiger charge is -2.33. The highest BCUT2D eigenvalue weighted by molar-refractivity contribution is 5.93. The number of hydrogen-bond acceptors (Lipinski definition) is 4. The van der Waals surface area contributed by atoms with Crippen molar-refractivity contribution in [1.29, 1.82) is 0 Å². The molecule has 0 saturated carbocycles. The zero-order valence-corrected chi connectivity index (χ0v) is 10.6. The minimum absolute atomic E-state index is 0.172. The highest BCUT2D eigenvalue weighted by Crippen LogP contribution is 2.23. The van der Waals surface area contributed by atoms with Gasteiger partial charge in [-0.2, -0.15) is 0 Å². The topological polar surface area (TPSA) is 115 Å². The third-order valence-electron chi connectivity index (χ3n) is 3.76. The number of fused-ring (bicyclic) bond motifs is 1. The number of carbonyl (C=O) groups excluding carboxylic acids is 2. The number of aromatic nitrogens is 2. The summed E-state index contributed by atoms with van der Waals surface area (Å²) in [5.74, 6) is -1.57. The number of nitrogens with one attached hydrogen (secondary N) is 2. The zero-order chi connectivity index (χ0) is 14.3. The predicted molar refractivity (Wildman–Crippen MR) is 65.4 cm³/mol. The van der Waals surface area contributed by atoms with E-state index in [1.165, 1.54) is 11.2 Å². The molecule has 2 aliphatic rings. The fraction of sp³-hybridized carbons (Fsp3) is 0.500. The van der Waals surface area contributed by atoms with Gasteiger partial charge in [0.1, 0.15) is 12.1 Å². The average molecular weight is 278 g/mol. The summed E-state index contributed by atoms with van der Waals surface area (Å²) in [5, 5.41) is 11.9. The Balaban J connectivity index is 1.84. The van der Waals surface area contributed by atoms with Gasteiger partial charge in [-0.1, -0.05) is 0 Å². The van der Waals surface area contributed by atoms with Gasteiger partial charge in [0, 0.05) is 12.8 Å². The van der Waals surface area contributed by atoms with Gasteiger partial charge in [0.15, 0.2) is 0 Å². The highest BCUT2D eigenvalue weighted by atomic mass is 16.4. The quantitative estimate of drug-likeness (QED) is 0.643. The third-order valence-corrected chi connectivity index (χ3v) is 3.76. The van der Waals surface area contributed by atoms with Crippen LogP contribution in [-0.4, -0.2) is 49.8 Å². The number of rotatable bonds is 2. The van der Waals surface area contributed by atoms with Crippen molar-refractivity contribution < 1.29 is 19.5 Å². The summed E-state index contributed by atoms with van der Waals surface area (Å²) in [6, 6.07) is -1.55. The van der Waals surface area contributed by atoms with Crippen LogP contribution < -0.4 is 5.32 Å². The van der Waals surface area contributed by atoms with E-state index >= 15 is 0 Å². The van der Waals surface area contributed by atoms with E-state index in [9.17, 15) is 19.5 Å². The van der Waals surface area contributed by atoms with E-state index < -0.39 is 18.1 Å². The number of hydrogen-bond donors (Lipinski definition) is 3. The van der Waals surface area contributed by atoms with Crippen LogP contribution in [0.25, 0.3) is 0 Å². The molecule has 8 heteroatoms. The number of carboxylic acids is 1. The maximum atomic E-state index is 12.4. The molecule has 1 aromatic heterocycles. The van der Waals surface area contributed by atoms with Crippen LogP contribution in [-0.2, 0) is 27.3 Å². The van der Waals surface area contributed by atoms with E-state index in [0.29, 0.717) is 18.5 Å². The molecule has 1 fully saturated rings. The van der Waals surface area contributed by atoms with Crippen molar-refractivity contribution in [3.63, 3.8) is 0 Å². The summed E-state index contributed by atoms with van der Waals surface area (Å²) in [5.41, 5.74) is 1.43. The van der Waals surface area contributed by atoms with Crippen molar-refractivity contribution in [2.45, 2.75) is 37.9 Å². The van der Waals surface area contributed by atoms with Crippen LogP contribution >= 0.6 is 0 Å². The molecular weight excluding hydrogens is 264 g/mol. The molecule has 0 bridgehead atoms. The average Bonchev–Trinajstić information content (AvgIpc) is 3.04. The molecule has 2 amide bonds. The fourth-order valence-corrected chi connectivity index (χ4v) is 2.69. The summed E-state index contributed by atoms with van der Waals surface area (Å²) in [4.78, 5) is 43.3. The number of carboxylic acid groups (broad SMARTS) is 1. The Bertz CT molecular complexity index is 582. The summed E-state index contributed by atoms with van der Waals surface area (Å²) < 4.78 is 0. The van der Waals surface area contributed by atoms with Crippen molar-refractivity contribution in [2.24, 2.45) is 0 Å². The van der Waals surface area contributed by atoms with Crippen LogP contribution in [0.15, 0.2) is 6.33 Å². The summed E-state index contributed by atoms with van der Waals surface area (Å²) in [7, 11) is 0. The van der Waals surface area contributed by atoms with Crippen LogP contribution in [0.4, 0.5) is 0 Å². The SMILES string of the molecule is O=C1CC[C@H](C(=O)N2Cc3[nH]cnc3CC2C(=O)O)N1. The summed E-state index contributed by atoms with van der Waals surface area (Å²) in [6.45, 7) is 0.178. The van der Waals surface area contributed by atoms with E-state index in [1.54, 1.807) is 0 Å². The minimum atomic E-state index is -1.06. The van der Waals surface area contributed by atoms with Crippen molar-refractivity contribution in [1.82, 2.24) is 20.2 Å². The first-order chi connectivity index (χ1) is 9.56. The van der Waals surface area contributed by atoms with Crippen molar-refractivity contribution in [2.75, 3.05) is 0 Å². The van der Waals surface area contributed by atoms with Crippen molar-refractivity contribution in [3.05, 3.63) is 17.7 Å². The smallest absolute Gasteiger partial charge is 0.326 e. The standard InChI is InChI=1S/C12H14N4O4/c17-10-2-1-6(15-10)11(18)16-4-8-7(13-5-14-8)3-9(16)12(19)20/h5-6,9H,1-4H2,(H,13,14)(H,15,17)(H,19,20)/t6-,9?/m1/s1. The van der Waals surface area contributed by atoms with Gasteiger partial charge >= 0.3 is 5.97 Å². The Kier molecular flexibility index (Phi) is 2.92. The Hall–Kier alpha value is -2.38. The number of aromatic amines is 1. The molecule has 1 aromatic rings. The van der Waals surface area contributed by atoms with Gasteiger partial charge < -0.3 is 20.3 Å². The molecule has 0 spiro atoms. The molecule has 3 N–H and O–H groups in total. The molecule has 106 valence electrons. The second kappa shape index (κ2) is 4.62. The number of nitrogens with zero attached hydrogens (tertiary/aromatic N) is 2. The van der Waals surface area contributed by atoms with E-state index in [0.717, 1.165) is 5.69 Å². The molecule has 0 radical (unpaired) electrons. The molecule has 20 heavy (non-hydrogen) atoms. The van der Waals surface area contributed by atoms with E-state index in [-0.39, 0.29) is 24.8 Å². The maximum Gasteiger partial charge on any atom is 0.326 e. The summed E-state index contributed by atoms with van der Waals surface area (Å²) >= 11 is 0. The van der Waals surface area contributed by atoms with E-state index in [4.69, 9.17) is 0 Å². The van der Waals surface area contributed by atoms with Crippen molar-refractivity contribution >= 4 is 17.8 Å². The molecule has 0 aromatic carbocycles. The second-order valence-electron chi connectivity index (χ2n) is 5.01. The van der Waals surface area contributed by atoms with Crippen LogP contribution in [0.2, 0.25) is 0 Å². The van der Waals surface area contributed by atoms with Crippen LogP contribution in [0, 0.1) is 0 Å². The molecule has 1 unspecified atom stereocenters. The zero-order valence-electron chi connectivity index (χ0n) is 10.6. The van der Waals surface area contributed by atoms with Crippen LogP contribution in [0.5, 0.6) is 0 Å². The number of aliphatic carboxylic acids is 1.